The highest BCUT2D eigenvalue weighted by molar-refractivity contribution is 5.59. The number of piperazine rings is 1. The number of rotatable bonds is 3. The van der Waals surface area contributed by atoms with E-state index in [1.165, 1.54) is 11.0 Å². The summed E-state index contributed by atoms with van der Waals surface area (Å²) < 4.78 is 51.6. The van der Waals surface area contributed by atoms with E-state index in [2.05, 4.69) is 4.90 Å². The molecule has 1 fully saturated rings. The molecule has 0 bridgehead atoms. The maximum absolute atomic E-state index is 13.7. The molecule has 27 heavy (non-hydrogen) atoms. The number of nitrogens with zero attached hydrogens (tertiary/aromatic N) is 2. The molecule has 2 heterocycles. The molecule has 1 saturated heterocycles. The molecule has 0 saturated carbocycles. The monoisotopic (exact) mass is 376 g/mol. The van der Waals surface area contributed by atoms with E-state index in [9.17, 15) is 13.2 Å². The first kappa shape index (κ1) is 17.6. The fraction of sp³-hybridized carbons (Fsp3) is 0.300. The third kappa shape index (κ3) is 3.82. The third-order valence-electron chi connectivity index (χ3n) is 4.73. The van der Waals surface area contributed by atoms with Gasteiger partial charge in [0.15, 0.2) is 11.5 Å². The van der Waals surface area contributed by atoms with E-state index in [1.54, 1.807) is 18.2 Å². The lowest BCUT2D eigenvalue weighted by Crippen LogP contribution is -2.48. The van der Waals surface area contributed by atoms with E-state index < -0.39 is 11.9 Å². The Bertz CT molecular complexity index is 829. The van der Waals surface area contributed by atoms with Crippen LogP contribution in [0.5, 0.6) is 11.5 Å². The van der Waals surface area contributed by atoms with E-state index in [0.29, 0.717) is 43.2 Å². The van der Waals surface area contributed by atoms with Gasteiger partial charge < -0.3 is 19.3 Å². The summed E-state index contributed by atoms with van der Waals surface area (Å²) in [6.45, 7) is 1.79. The number of hydrogen-bond acceptors (Lipinski definition) is 4. The van der Waals surface area contributed by atoms with E-state index in [0.717, 1.165) is 5.69 Å². The van der Waals surface area contributed by atoms with Crippen molar-refractivity contribution in [1.82, 2.24) is 4.90 Å². The second-order valence-corrected chi connectivity index (χ2v) is 6.45. The highest BCUT2D eigenvalue weighted by atomic mass is 19.4. The van der Waals surface area contributed by atoms with Crippen LogP contribution < -0.4 is 14.4 Å². The predicted octanol–water partition coefficient (Wildman–Crippen LogP) is 4.14. The molecule has 4 rings (SSSR count). The summed E-state index contributed by atoms with van der Waals surface area (Å²) in [6.07, 6.45) is -3.24. The van der Waals surface area contributed by atoms with Crippen molar-refractivity contribution >= 4 is 11.8 Å². The van der Waals surface area contributed by atoms with Crippen LogP contribution in [-0.4, -0.2) is 44.0 Å². The number of allylic oxidation sites excluding steroid dienone is 1. The van der Waals surface area contributed by atoms with Gasteiger partial charge >= 0.3 is 6.18 Å². The van der Waals surface area contributed by atoms with Crippen LogP contribution in [0.2, 0.25) is 0 Å². The summed E-state index contributed by atoms with van der Waals surface area (Å²) in [4.78, 5) is 3.51. The quantitative estimate of drug-likeness (QED) is 0.804. The highest BCUT2D eigenvalue weighted by Gasteiger charge is 2.38. The lowest BCUT2D eigenvalue weighted by molar-refractivity contribution is -0.110. The number of hydrogen-bond donors (Lipinski definition) is 0. The zero-order chi connectivity index (χ0) is 18.9. The Morgan fingerprint density at radius 2 is 1.59 bits per heavy atom. The molecule has 2 aliphatic heterocycles. The van der Waals surface area contributed by atoms with Gasteiger partial charge in [0.2, 0.25) is 6.79 Å². The summed E-state index contributed by atoms with van der Waals surface area (Å²) in [5.74, 6) is 1.02. The molecule has 0 N–H and O–H groups in total. The summed E-state index contributed by atoms with van der Waals surface area (Å²) >= 11 is 0. The van der Waals surface area contributed by atoms with E-state index >= 15 is 0 Å². The van der Waals surface area contributed by atoms with Gasteiger partial charge in [0, 0.05) is 31.9 Å². The molecular formula is C20H19F3N2O2. The van der Waals surface area contributed by atoms with Gasteiger partial charge in [0.1, 0.15) is 5.70 Å². The molecule has 2 aromatic carbocycles. The number of benzene rings is 2. The minimum atomic E-state index is -4.43. The van der Waals surface area contributed by atoms with E-state index in [1.807, 2.05) is 30.3 Å². The molecule has 4 nitrogen and oxygen atoms in total. The normalized spacial score (nSPS) is 17.4. The van der Waals surface area contributed by atoms with E-state index in [4.69, 9.17) is 9.47 Å². The Morgan fingerprint density at radius 1 is 0.889 bits per heavy atom. The minimum absolute atomic E-state index is 0.0933. The number of para-hydroxylation sites is 1. The zero-order valence-electron chi connectivity index (χ0n) is 14.6. The minimum Gasteiger partial charge on any atom is -0.454 e. The maximum Gasteiger partial charge on any atom is 0.431 e. The highest BCUT2D eigenvalue weighted by Crippen LogP contribution is 2.36. The smallest absolute Gasteiger partial charge is 0.431 e. The molecular weight excluding hydrogens is 357 g/mol. The molecule has 0 amide bonds. The molecule has 2 aliphatic rings. The number of fused-ring (bicyclic) bond motifs is 1. The largest absolute Gasteiger partial charge is 0.454 e. The van der Waals surface area contributed by atoms with Crippen molar-refractivity contribution in [2.24, 2.45) is 0 Å². The Hall–Kier alpha value is -2.83. The van der Waals surface area contributed by atoms with Crippen molar-refractivity contribution < 1.29 is 22.6 Å². The molecule has 0 aliphatic carbocycles. The SMILES string of the molecule is FC(F)(F)/C(=C/c1ccc2c(c1)OCO2)N1CCN(c2ccccc2)CC1. The molecule has 0 radical (unpaired) electrons. The van der Waals surface area contributed by atoms with Crippen molar-refractivity contribution in [3.8, 4) is 11.5 Å². The number of anilines is 1. The molecule has 0 unspecified atom stereocenters. The molecule has 0 atom stereocenters. The van der Waals surface area contributed by atoms with Gasteiger partial charge in [-0.2, -0.15) is 13.2 Å². The van der Waals surface area contributed by atoms with Crippen LogP contribution in [0.25, 0.3) is 6.08 Å². The summed E-state index contributed by atoms with van der Waals surface area (Å²) in [6, 6.07) is 14.6. The molecule has 0 aromatic heterocycles. The van der Waals surface area contributed by atoms with Gasteiger partial charge in [-0.15, -0.1) is 0 Å². The first-order valence-electron chi connectivity index (χ1n) is 8.74. The first-order chi connectivity index (χ1) is 13.0. The van der Waals surface area contributed by atoms with Gasteiger partial charge in [0.25, 0.3) is 0 Å². The number of alkyl halides is 3. The topological polar surface area (TPSA) is 24.9 Å². The van der Waals surface area contributed by atoms with Gasteiger partial charge in [-0.3, -0.25) is 0 Å². The second kappa shape index (κ2) is 7.06. The van der Waals surface area contributed by atoms with Crippen LogP contribution in [0.3, 0.4) is 0 Å². The van der Waals surface area contributed by atoms with Crippen molar-refractivity contribution in [2.75, 3.05) is 37.9 Å². The molecule has 7 heteroatoms. The van der Waals surface area contributed by atoms with Crippen molar-refractivity contribution in [2.45, 2.75) is 6.18 Å². The zero-order valence-corrected chi connectivity index (χ0v) is 14.6. The third-order valence-corrected chi connectivity index (χ3v) is 4.73. The number of ether oxygens (including phenoxy) is 2. The van der Waals surface area contributed by atoms with Crippen LogP contribution >= 0.6 is 0 Å². The maximum atomic E-state index is 13.7. The fourth-order valence-electron chi connectivity index (χ4n) is 3.36. The Morgan fingerprint density at radius 3 is 2.30 bits per heavy atom. The summed E-state index contributed by atoms with van der Waals surface area (Å²) in [7, 11) is 0. The Kier molecular flexibility index (Phi) is 4.59. The lowest BCUT2D eigenvalue weighted by atomic mass is 10.1. The van der Waals surface area contributed by atoms with Gasteiger partial charge in [0.05, 0.1) is 0 Å². The first-order valence-corrected chi connectivity index (χ1v) is 8.74. The van der Waals surface area contributed by atoms with Crippen LogP contribution in [-0.2, 0) is 0 Å². The van der Waals surface area contributed by atoms with Crippen LogP contribution in [0.15, 0.2) is 54.2 Å². The van der Waals surface area contributed by atoms with Gasteiger partial charge in [-0.05, 0) is 35.9 Å². The second-order valence-electron chi connectivity index (χ2n) is 6.45. The summed E-state index contributed by atoms with van der Waals surface area (Å²) in [5, 5.41) is 0. The fourth-order valence-corrected chi connectivity index (χ4v) is 3.36. The molecule has 2 aromatic rings. The van der Waals surface area contributed by atoms with Crippen LogP contribution in [0.1, 0.15) is 5.56 Å². The average molecular weight is 376 g/mol. The van der Waals surface area contributed by atoms with E-state index in [-0.39, 0.29) is 6.79 Å². The van der Waals surface area contributed by atoms with Crippen molar-refractivity contribution in [1.29, 1.82) is 0 Å². The Balaban J connectivity index is 1.53. The predicted molar refractivity (Wildman–Crippen MR) is 96.8 cm³/mol. The summed E-state index contributed by atoms with van der Waals surface area (Å²) in [5.41, 5.74) is 0.844. The van der Waals surface area contributed by atoms with Gasteiger partial charge in [-0.1, -0.05) is 24.3 Å². The average Bonchev–Trinajstić information content (AvgIpc) is 3.14. The lowest BCUT2D eigenvalue weighted by Gasteiger charge is -2.38. The standard InChI is InChI=1S/C20H19F3N2O2/c21-20(22,23)19(13-15-6-7-17-18(12-15)27-14-26-17)25-10-8-24(9-11-25)16-4-2-1-3-5-16/h1-7,12-13H,8-11,14H2/b19-13-. The molecule has 0 spiro atoms. The Labute approximate surface area is 155 Å². The van der Waals surface area contributed by atoms with Crippen molar-refractivity contribution in [3.05, 3.63) is 59.8 Å². The van der Waals surface area contributed by atoms with Crippen molar-refractivity contribution in [3.63, 3.8) is 0 Å². The van der Waals surface area contributed by atoms with Gasteiger partial charge in [-0.25, -0.2) is 0 Å². The van der Waals surface area contributed by atoms with Crippen LogP contribution in [0.4, 0.5) is 18.9 Å². The molecule has 142 valence electrons. The van der Waals surface area contributed by atoms with Crippen LogP contribution in [0, 0.1) is 0 Å². The number of halogens is 3.